The highest BCUT2D eigenvalue weighted by atomic mass is 79.9. The second-order valence-corrected chi connectivity index (χ2v) is 9.46. The number of aryl methyl sites for hydroxylation is 2. The predicted molar refractivity (Wildman–Crippen MR) is 131 cm³/mol. The fourth-order valence-electron chi connectivity index (χ4n) is 4.20. The third-order valence-corrected chi connectivity index (χ3v) is 6.72. The van der Waals surface area contributed by atoms with Crippen molar-refractivity contribution >= 4 is 33.4 Å². The number of carbonyl (C=O) groups excluding carboxylic acids is 2. The normalized spacial score (nSPS) is 14.2. The number of halogens is 3. The second kappa shape index (κ2) is 9.41. The van der Waals surface area contributed by atoms with E-state index in [0.717, 1.165) is 10.1 Å². The zero-order chi connectivity index (χ0) is 25.6. The Morgan fingerprint density at radius 2 is 1.67 bits per heavy atom. The molecule has 0 saturated carbocycles. The van der Waals surface area contributed by atoms with E-state index in [0.29, 0.717) is 34.5 Å². The molecule has 4 aromatic rings. The minimum atomic E-state index is -2.80. The maximum atomic E-state index is 13.9. The first-order valence-corrected chi connectivity index (χ1v) is 12.0. The number of amides is 2. The molecule has 1 aromatic carbocycles. The van der Waals surface area contributed by atoms with E-state index in [-0.39, 0.29) is 41.8 Å². The molecule has 0 atom stereocenters. The molecule has 4 heterocycles. The fraction of sp³-hybridized carbons (Fsp3) is 0.292. The van der Waals surface area contributed by atoms with Crippen molar-refractivity contribution in [3.8, 4) is 11.3 Å². The van der Waals surface area contributed by atoms with Gasteiger partial charge in [0.2, 0.25) is 0 Å². The van der Waals surface area contributed by atoms with Crippen molar-refractivity contribution < 1.29 is 18.4 Å². The Bertz CT molecular complexity index is 1460. The van der Waals surface area contributed by atoms with Crippen LogP contribution < -0.4 is 0 Å². The highest BCUT2D eigenvalue weighted by Gasteiger charge is 2.30. The van der Waals surface area contributed by atoms with Crippen LogP contribution in [0.2, 0.25) is 0 Å². The monoisotopic (exact) mass is 557 g/mol. The van der Waals surface area contributed by atoms with E-state index in [2.05, 4.69) is 31.1 Å². The van der Waals surface area contributed by atoms with E-state index in [4.69, 9.17) is 0 Å². The average molecular weight is 558 g/mol. The molecule has 186 valence electrons. The number of alkyl halides is 2. The van der Waals surface area contributed by atoms with Crippen LogP contribution >= 0.6 is 15.9 Å². The summed E-state index contributed by atoms with van der Waals surface area (Å²) < 4.78 is 30.9. The van der Waals surface area contributed by atoms with Crippen LogP contribution in [-0.4, -0.2) is 72.2 Å². The summed E-state index contributed by atoms with van der Waals surface area (Å²) in [7, 11) is 1.73. The van der Waals surface area contributed by atoms with Crippen molar-refractivity contribution in [2.75, 3.05) is 26.2 Å². The van der Waals surface area contributed by atoms with E-state index < -0.39 is 6.43 Å². The molecule has 1 fully saturated rings. The van der Waals surface area contributed by atoms with Gasteiger partial charge in [-0.1, -0.05) is 29.8 Å². The fourth-order valence-corrected chi connectivity index (χ4v) is 4.75. The van der Waals surface area contributed by atoms with Gasteiger partial charge in [0.25, 0.3) is 18.2 Å². The van der Waals surface area contributed by atoms with Crippen LogP contribution in [0.3, 0.4) is 0 Å². The molecule has 5 rings (SSSR count). The Hall–Kier alpha value is -3.67. The lowest BCUT2D eigenvalue weighted by atomic mass is 10.1. The number of benzene rings is 1. The van der Waals surface area contributed by atoms with E-state index in [1.807, 2.05) is 19.1 Å². The van der Waals surface area contributed by atoms with Crippen molar-refractivity contribution in [2.45, 2.75) is 13.3 Å². The Morgan fingerprint density at radius 3 is 2.25 bits per heavy atom. The largest absolute Gasteiger partial charge is 0.335 e. The summed E-state index contributed by atoms with van der Waals surface area (Å²) >= 11 is 3.35. The quantitative estimate of drug-likeness (QED) is 0.381. The minimum Gasteiger partial charge on any atom is -0.335 e. The smallest absolute Gasteiger partial charge is 0.280 e. The Balaban J connectivity index is 1.40. The Morgan fingerprint density at radius 1 is 1.03 bits per heavy atom. The molecular formula is C24H22BrF2N7O2. The number of nitrogens with zero attached hydrogens (tertiary/aromatic N) is 7. The first-order chi connectivity index (χ1) is 17.2. The number of hydrogen-bond acceptors (Lipinski definition) is 5. The molecule has 0 aliphatic carbocycles. The zero-order valence-corrected chi connectivity index (χ0v) is 21.1. The van der Waals surface area contributed by atoms with Gasteiger partial charge >= 0.3 is 0 Å². The highest BCUT2D eigenvalue weighted by Crippen LogP contribution is 2.27. The summed E-state index contributed by atoms with van der Waals surface area (Å²) in [5.74, 6) is -0.596. The molecule has 0 spiro atoms. The van der Waals surface area contributed by atoms with Crippen LogP contribution in [0.5, 0.6) is 0 Å². The second-order valence-electron chi connectivity index (χ2n) is 8.61. The summed E-state index contributed by atoms with van der Waals surface area (Å²) in [6, 6.07) is 8.64. The van der Waals surface area contributed by atoms with Crippen molar-refractivity contribution in [3.05, 3.63) is 69.7 Å². The molecule has 1 saturated heterocycles. The lowest BCUT2D eigenvalue weighted by Gasteiger charge is -2.34. The van der Waals surface area contributed by atoms with Crippen LogP contribution in [0, 0.1) is 6.92 Å². The maximum Gasteiger partial charge on any atom is 0.280 e. The first-order valence-electron chi connectivity index (χ1n) is 11.2. The van der Waals surface area contributed by atoms with E-state index in [1.165, 1.54) is 12.3 Å². The van der Waals surface area contributed by atoms with Crippen LogP contribution in [-0.2, 0) is 7.05 Å². The molecule has 0 radical (unpaired) electrons. The van der Waals surface area contributed by atoms with Gasteiger partial charge in [-0.25, -0.2) is 18.3 Å². The van der Waals surface area contributed by atoms with Gasteiger partial charge in [-0.05, 0) is 28.9 Å². The van der Waals surface area contributed by atoms with Gasteiger partial charge < -0.3 is 9.80 Å². The summed E-state index contributed by atoms with van der Waals surface area (Å²) in [6.45, 7) is 3.13. The van der Waals surface area contributed by atoms with Gasteiger partial charge in [0, 0.05) is 45.0 Å². The Labute approximate surface area is 213 Å². The first kappa shape index (κ1) is 24.0. The molecule has 36 heavy (non-hydrogen) atoms. The van der Waals surface area contributed by atoms with Gasteiger partial charge in [-0.15, -0.1) is 0 Å². The van der Waals surface area contributed by atoms with Crippen molar-refractivity contribution in [3.63, 3.8) is 0 Å². The molecule has 1 aliphatic rings. The molecular weight excluding hydrogens is 536 g/mol. The third kappa shape index (κ3) is 4.36. The summed E-state index contributed by atoms with van der Waals surface area (Å²) in [4.78, 5) is 33.9. The molecule has 0 N–H and O–H groups in total. The summed E-state index contributed by atoms with van der Waals surface area (Å²) in [6.07, 6.45) is 0.171. The van der Waals surface area contributed by atoms with Crippen LogP contribution in [0.1, 0.15) is 38.5 Å². The Kier molecular flexibility index (Phi) is 6.29. The topological polar surface area (TPSA) is 88.6 Å². The highest BCUT2D eigenvalue weighted by molar-refractivity contribution is 9.10. The van der Waals surface area contributed by atoms with Crippen molar-refractivity contribution in [1.29, 1.82) is 0 Å². The standard InChI is InChI=1S/C24H22BrF2N7O2/c1-14-3-5-15(6-4-14)18-11-19(21(26)27)34-22(29-18)16(12-28-34)23(35)32-7-9-33(10-8-32)24(36)20-17(25)13-31(2)30-20/h3-6,11-13,21H,7-10H2,1-2H3. The van der Waals surface area contributed by atoms with Gasteiger partial charge in [-0.3, -0.25) is 14.3 Å². The van der Waals surface area contributed by atoms with Crippen LogP contribution in [0.25, 0.3) is 16.9 Å². The van der Waals surface area contributed by atoms with E-state index >= 15 is 0 Å². The molecule has 12 heteroatoms. The molecule has 9 nitrogen and oxygen atoms in total. The number of hydrogen-bond donors (Lipinski definition) is 0. The molecule has 2 amide bonds. The molecule has 1 aliphatic heterocycles. The lowest BCUT2D eigenvalue weighted by molar-refractivity contribution is 0.0532. The van der Waals surface area contributed by atoms with E-state index in [1.54, 1.807) is 39.9 Å². The van der Waals surface area contributed by atoms with Crippen LogP contribution in [0.15, 0.2) is 47.2 Å². The number of fused-ring (bicyclic) bond motifs is 1. The number of carbonyl (C=O) groups is 2. The molecule has 3 aromatic heterocycles. The number of piperazine rings is 1. The maximum absolute atomic E-state index is 13.9. The van der Waals surface area contributed by atoms with Crippen molar-refractivity contribution in [1.82, 2.24) is 34.2 Å². The lowest BCUT2D eigenvalue weighted by Crippen LogP contribution is -2.50. The van der Waals surface area contributed by atoms with E-state index in [9.17, 15) is 18.4 Å². The SMILES string of the molecule is Cc1ccc(-c2cc(C(F)F)n3ncc(C(=O)N4CCN(C(=O)c5nn(C)cc5Br)CC4)c3n2)cc1. The number of rotatable bonds is 4. The zero-order valence-electron chi connectivity index (χ0n) is 19.5. The minimum absolute atomic E-state index is 0.0734. The molecule has 0 unspecified atom stereocenters. The van der Waals surface area contributed by atoms with Gasteiger partial charge in [0.1, 0.15) is 11.3 Å². The number of aromatic nitrogens is 5. The van der Waals surface area contributed by atoms with Gasteiger partial charge in [0.05, 0.1) is 16.4 Å². The van der Waals surface area contributed by atoms with Crippen LogP contribution in [0.4, 0.5) is 8.78 Å². The van der Waals surface area contributed by atoms with Gasteiger partial charge in [-0.2, -0.15) is 10.2 Å². The van der Waals surface area contributed by atoms with Gasteiger partial charge in [0.15, 0.2) is 11.3 Å². The average Bonchev–Trinajstić information content (AvgIpc) is 3.45. The summed E-state index contributed by atoms with van der Waals surface area (Å²) in [5, 5.41) is 8.24. The molecule has 0 bridgehead atoms. The van der Waals surface area contributed by atoms with Crippen molar-refractivity contribution in [2.24, 2.45) is 7.05 Å². The predicted octanol–water partition coefficient (Wildman–Crippen LogP) is 3.74. The third-order valence-electron chi connectivity index (χ3n) is 6.14. The summed E-state index contributed by atoms with van der Waals surface area (Å²) in [5.41, 5.74) is 2.21.